The van der Waals surface area contributed by atoms with Crippen molar-refractivity contribution in [2.24, 2.45) is 5.41 Å². The standard InChI is InChI=1S/C26H34BrN5O4/c1-4-17-14-19-21(22(20(17)27)35-5-2)28-24(36-18-6-10-30(3)11-7-18)29-23(19)31-12-8-26(9-13-31)15-32(16-26)25(33)34/h4,14,18H,1,5-13,15-16H2,2-3H3,(H,33,34). The first-order chi connectivity index (χ1) is 17.3. The smallest absolute Gasteiger partial charge is 0.407 e. The average molecular weight is 560 g/mol. The second-order valence-corrected chi connectivity index (χ2v) is 11.0. The minimum absolute atomic E-state index is 0.0803. The Kier molecular flexibility index (Phi) is 7.00. The highest BCUT2D eigenvalue weighted by atomic mass is 79.9. The molecule has 4 heterocycles. The Morgan fingerprint density at radius 3 is 2.56 bits per heavy atom. The minimum atomic E-state index is -0.827. The summed E-state index contributed by atoms with van der Waals surface area (Å²) in [6, 6.07) is 2.44. The molecule has 3 aliphatic rings. The van der Waals surface area contributed by atoms with Gasteiger partial charge in [-0.15, -0.1) is 0 Å². The topological polar surface area (TPSA) is 91.3 Å². The SMILES string of the molecule is C=Cc1cc2c(N3CCC4(CC3)CN(C(=O)O)C4)nc(OC3CCN(C)CC3)nc2c(OCC)c1Br. The molecule has 0 saturated carbocycles. The van der Waals surface area contributed by atoms with Gasteiger partial charge in [0.25, 0.3) is 0 Å². The monoisotopic (exact) mass is 559 g/mol. The van der Waals surface area contributed by atoms with Gasteiger partial charge >= 0.3 is 12.1 Å². The van der Waals surface area contributed by atoms with Crippen molar-refractivity contribution in [2.45, 2.75) is 38.7 Å². The van der Waals surface area contributed by atoms with Crippen molar-refractivity contribution >= 4 is 44.8 Å². The third-order valence-corrected chi connectivity index (χ3v) is 8.58. The Labute approximate surface area is 220 Å². The molecular formula is C26H34BrN5O4. The van der Waals surface area contributed by atoms with E-state index in [1.807, 2.05) is 6.92 Å². The van der Waals surface area contributed by atoms with Gasteiger partial charge in [-0.25, -0.2) is 4.79 Å². The van der Waals surface area contributed by atoms with E-state index in [1.165, 1.54) is 4.90 Å². The summed E-state index contributed by atoms with van der Waals surface area (Å²) >= 11 is 3.69. The van der Waals surface area contributed by atoms with Gasteiger partial charge in [-0.1, -0.05) is 12.7 Å². The Morgan fingerprint density at radius 1 is 1.25 bits per heavy atom. The highest BCUT2D eigenvalue weighted by Crippen LogP contribution is 2.44. The molecule has 0 bridgehead atoms. The molecule has 0 radical (unpaired) electrons. The van der Waals surface area contributed by atoms with Gasteiger partial charge in [-0.05, 0) is 67.2 Å². The second-order valence-electron chi connectivity index (χ2n) is 10.2. The van der Waals surface area contributed by atoms with Crippen LogP contribution in [-0.2, 0) is 0 Å². The van der Waals surface area contributed by atoms with Gasteiger partial charge in [0.1, 0.15) is 17.4 Å². The van der Waals surface area contributed by atoms with Crippen LogP contribution in [0.5, 0.6) is 11.8 Å². The zero-order chi connectivity index (χ0) is 25.4. The molecule has 194 valence electrons. The van der Waals surface area contributed by atoms with Crippen molar-refractivity contribution < 1.29 is 19.4 Å². The number of ether oxygens (including phenoxy) is 2. The predicted molar refractivity (Wildman–Crippen MR) is 143 cm³/mol. The predicted octanol–water partition coefficient (Wildman–Crippen LogP) is 4.49. The Hall–Kier alpha value is -2.59. The van der Waals surface area contributed by atoms with Crippen LogP contribution in [0.15, 0.2) is 17.1 Å². The molecule has 1 aromatic carbocycles. The van der Waals surface area contributed by atoms with Crippen LogP contribution in [-0.4, -0.2) is 90.0 Å². The largest absolute Gasteiger partial charge is 0.490 e. The molecule has 1 N–H and O–H groups in total. The van der Waals surface area contributed by atoms with Crippen LogP contribution >= 0.6 is 15.9 Å². The molecule has 0 aliphatic carbocycles. The van der Waals surface area contributed by atoms with Crippen LogP contribution in [0.25, 0.3) is 17.0 Å². The molecule has 1 spiro atoms. The lowest BCUT2D eigenvalue weighted by Crippen LogP contribution is -2.61. The van der Waals surface area contributed by atoms with Gasteiger partial charge in [-0.3, -0.25) is 0 Å². The first kappa shape index (κ1) is 25.1. The fraction of sp³-hybridized carbons (Fsp3) is 0.577. The number of piperidine rings is 2. The maximum absolute atomic E-state index is 11.3. The van der Waals surface area contributed by atoms with Gasteiger partial charge in [-0.2, -0.15) is 9.97 Å². The Morgan fingerprint density at radius 2 is 1.94 bits per heavy atom. The maximum Gasteiger partial charge on any atom is 0.407 e. The summed E-state index contributed by atoms with van der Waals surface area (Å²) in [7, 11) is 2.13. The van der Waals surface area contributed by atoms with Crippen molar-refractivity contribution in [1.82, 2.24) is 19.8 Å². The summed E-state index contributed by atoms with van der Waals surface area (Å²) in [4.78, 5) is 27.2. The van der Waals surface area contributed by atoms with Crippen molar-refractivity contribution in [3.05, 3.63) is 22.7 Å². The van der Waals surface area contributed by atoms with E-state index in [0.29, 0.717) is 31.5 Å². The molecule has 0 unspecified atom stereocenters. The number of carbonyl (C=O) groups is 1. The number of anilines is 1. The molecule has 10 heteroatoms. The zero-order valence-electron chi connectivity index (χ0n) is 21.0. The van der Waals surface area contributed by atoms with Crippen molar-refractivity contribution in [3.8, 4) is 11.8 Å². The van der Waals surface area contributed by atoms with E-state index < -0.39 is 6.09 Å². The normalized spacial score (nSPS) is 20.4. The van der Waals surface area contributed by atoms with E-state index in [2.05, 4.69) is 45.4 Å². The molecule has 9 nitrogen and oxygen atoms in total. The number of amides is 1. The minimum Gasteiger partial charge on any atom is -0.490 e. The first-order valence-corrected chi connectivity index (χ1v) is 13.5. The molecular weight excluding hydrogens is 526 g/mol. The van der Waals surface area contributed by atoms with Gasteiger partial charge in [0.15, 0.2) is 5.75 Å². The lowest BCUT2D eigenvalue weighted by atomic mass is 9.72. The number of fused-ring (bicyclic) bond motifs is 1. The van der Waals surface area contributed by atoms with Gasteiger partial charge in [0.2, 0.25) is 0 Å². The lowest BCUT2D eigenvalue weighted by Gasteiger charge is -2.53. The number of nitrogens with zero attached hydrogens (tertiary/aromatic N) is 5. The Balaban J connectivity index is 1.50. The number of hydrogen-bond acceptors (Lipinski definition) is 7. The third-order valence-electron chi connectivity index (χ3n) is 7.77. The summed E-state index contributed by atoms with van der Waals surface area (Å²) in [5.41, 5.74) is 1.73. The van der Waals surface area contributed by atoms with E-state index in [1.54, 1.807) is 6.08 Å². The fourth-order valence-electron chi connectivity index (χ4n) is 5.58. The number of likely N-dealkylation sites (tertiary alicyclic amines) is 2. The molecule has 1 aromatic heterocycles. The summed E-state index contributed by atoms with van der Waals surface area (Å²) < 4.78 is 13.2. The molecule has 3 aliphatic heterocycles. The van der Waals surface area contributed by atoms with Crippen molar-refractivity contribution in [3.63, 3.8) is 0 Å². The van der Waals surface area contributed by atoms with E-state index in [0.717, 1.165) is 78.6 Å². The van der Waals surface area contributed by atoms with Gasteiger partial charge in [0.05, 0.1) is 11.1 Å². The van der Waals surface area contributed by atoms with Crippen LogP contribution < -0.4 is 14.4 Å². The fourth-order valence-corrected chi connectivity index (χ4v) is 6.15. The second kappa shape index (κ2) is 10.0. The van der Waals surface area contributed by atoms with Crippen LogP contribution in [0, 0.1) is 5.41 Å². The molecule has 3 saturated heterocycles. The van der Waals surface area contributed by atoms with Crippen LogP contribution in [0.4, 0.5) is 10.6 Å². The van der Waals surface area contributed by atoms with Crippen molar-refractivity contribution in [1.29, 1.82) is 0 Å². The third kappa shape index (κ3) is 4.72. The molecule has 1 amide bonds. The Bertz CT molecular complexity index is 1150. The average Bonchev–Trinajstić information content (AvgIpc) is 2.85. The number of benzene rings is 1. The first-order valence-electron chi connectivity index (χ1n) is 12.7. The number of halogens is 1. The summed E-state index contributed by atoms with van der Waals surface area (Å²) in [5.74, 6) is 1.51. The van der Waals surface area contributed by atoms with Crippen molar-refractivity contribution in [2.75, 3.05) is 57.8 Å². The van der Waals surface area contributed by atoms with Crippen LogP contribution in [0.2, 0.25) is 0 Å². The number of aromatic nitrogens is 2. The maximum atomic E-state index is 11.3. The number of rotatable bonds is 6. The van der Waals surface area contributed by atoms with Crippen LogP contribution in [0.3, 0.4) is 0 Å². The highest BCUT2D eigenvalue weighted by molar-refractivity contribution is 9.10. The van der Waals surface area contributed by atoms with E-state index in [4.69, 9.17) is 19.4 Å². The molecule has 36 heavy (non-hydrogen) atoms. The van der Waals surface area contributed by atoms with E-state index >= 15 is 0 Å². The van der Waals surface area contributed by atoms with Gasteiger partial charge in [0, 0.05) is 50.1 Å². The van der Waals surface area contributed by atoms with E-state index in [9.17, 15) is 9.90 Å². The summed E-state index contributed by atoms with van der Waals surface area (Å²) in [5, 5.41) is 10.2. The zero-order valence-corrected chi connectivity index (χ0v) is 22.6. The molecule has 5 rings (SSSR count). The summed E-state index contributed by atoms with van der Waals surface area (Å²) in [6.07, 6.45) is 4.80. The molecule has 2 aromatic rings. The molecule has 3 fully saturated rings. The lowest BCUT2D eigenvalue weighted by molar-refractivity contribution is -0.00643. The number of carboxylic acid groups (broad SMARTS) is 1. The molecule has 0 atom stereocenters. The van der Waals surface area contributed by atoms with E-state index in [-0.39, 0.29) is 11.5 Å². The quantitative estimate of drug-likeness (QED) is 0.553. The van der Waals surface area contributed by atoms with Gasteiger partial charge < -0.3 is 29.3 Å². The highest BCUT2D eigenvalue weighted by Gasteiger charge is 2.47. The summed E-state index contributed by atoms with van der Waals surface area (Å²) in [6.45, 7) is 11.3. The number of hydrogen-bond donors (Lipinski definition) is 1. The van der Waals surface area contributed by atoms with Crippen LogP contribution in [0.1, 0.15) is 38.2 Å².